The van der Waals surface area contributed by atoms with Crippen LogP contribution in [-0.2, 0) is 6.18 Å². The van der Waals surface area contributed by atoms with E-state index in [9.17, 15) is 13.2 Å². The molecule has 0 saturated heterocycles. The molecule has 2 heterocycles. The third-order valence-corrected chi connectivity index (χ3v) is 5.95. The summed E-state index contributed by atoms with van der Waals surface area (Å²) < 4.78 is 47.1. The Kier molecular flexibility index (Phi) is 9.44. The smallest absolute Gasteiger partial charge is 0.420 e. The fraction of sp³-hybridized carbons (Fsp3) is 0.400. The van der Waals surface area contributed by atoms with E-state index in [1.165, 1.54) is 35.0 Å². The van der Waals surface area contributed by atoms with Gasteiger partial charge in [0.2, 0.25) is 5.13 Å². The van der Waals surface area contributed by atoms with Gasteiger partial charge < -0.3 is 4.74 Å². The number of nitrogens with zero attached hydrogens (tertiary/aromatic N) is 4. The maximum Gasteiger partial charge on any atom is 0.420 e. The quantitative estimate of drug-likeness (QED) is 0.146. The molecular weight excluding hydrogens is 461 g/mol. The average molecular weight is 491 g/mol. The number of hydrogen-bond donors (Lipinski definition) is 0. The van der Waals surface area contributed by atoms with Crippen molar-refractivity contribution in [2.24, 2.45) is 5.10 Å². The predicted molar refractivity (Wildman–Crippen MR) is 132 cm³/mol. The van der Waals surface area contributed by atoms with Crippen LogP contribution in [-0.4, -0.2) is 22.8 Å². The summed E-state index contributed by atoms with van der Waals surface area (Å²) in [6.45, 7) is 4.10. The SMILES string of the molecule is C/C=N/N(c1ccc(OCCCCCCCC)c(C(F)(F)F)c1)c1nc(-c2cccnc2)cs1. The lowest BCUT2D eigenvalue weighted by atomic mass is 10.1. The molecule has 0 amide bonds. The summed E-state index contributed by atoms with van der Waals surface area (Å²) in [6, 6.07) is 7.68. The van der Waals surface area contributed by atoms with E-state index in [4.69, 9.17) is 4.74 Å². The summed E-state index contributed by atoms with van der Waals surface area (Å²) in [6.07, 6.45) is 6.53. The fourth-order valence-corrected chi connectivity index (χ4v) is 4.22. The largest absolute Gasteiger partial charge is 0.493 e. The molecule has 3 aromatic rings. The van der Waals surface area contributed by atoms with Gasteiger partial charge in [0.15, 0.2) is 0 Å². The summed E-state index contributed by atoms with van der Waals surface area (Å²) >= 11 is 1.29. The standard InChI is InChI=1S/C25H29F3N4OS/c1-3-5-6-7-8-9-15-33-23-13-12-20(16-21(23)25(26,27)28)32(30-4-2)24-31-22(18-34-24)19-11-10-14-29-17-19/h4,10-14,16-18H,3,5-9,15H2,1-2H3/b30-4+. The first-order chi connectivity index (χ1) is 16.4. The van der Waals surface area contributed by atoms with Crippen LogP contribution in [0.4, 0.5) is 24.0 Å². The van der Waals surface area contributed by atoms with Crippen LogP contribution in [0, 0.1) is 0 Å². The number of hydrogen-bond acceptors (Lipinski definition) is 6. The second-order valence-corrected chi connectivity index (χ2v) is 8.57. The summed E-state index contributed by atoms with van der Waals surface area (Å²) in [5.74, 6) is -0.166. The molecule has 0 saturated carbocycles. The minimum atomic E-state index is -4.56. The van der Waals surface area contributed by atoms with Crippen LogP contribution in [0.15, 0.2) is 53.2 Å². The second-order valence-electron chi connectivity index (χ2n) is 7.74. The van der Waals surface area contributed by atoms with E-state index >= 15 is 0 Å². The van der Waals surface area contributed by atoms with Crippen LogP contribution in [0.2, 0.25) is 0 Å². The van der Waals surface area contributed by atoms with Gasteiger partial charge in [-0.15, -0.1) is 11.3 Å². The van der Waals surface area contributed by atoms with Crippen LogP contribution in [0.5, 0.6) is 5.75 Å². The zero-order valence-corrected chi connectivity index (χ0v) is 20.2. The molecule has 0 atom stereocenters. The highest BCUT2D eigenvalue weighted by molar-refractivity contribution is 7.14. The highest BCUT2D eigenvalue weighted by atomic mass is 32.1. The number of unbranched alkanes of at least 4 members (excludes halogenated alkanes) is 5. The lowest BCUT2D eigenvalue weighted by Crippen LogP contribution is -2.13. The number of aromatic nitrogens is 2. The van der Waals surface area contributed by atoms with E-state index in [0.29, 0.717) is 10.8 Å². The number of benzene rings is 1. The summed E-state index contributed by atoms with van der Waals surface area (Å²) in [5, 5.41) is 7.94. The maximum absolute atomic E-state index is 13.9. The van der Waals surface area contributed by atoms with Gasteiger partial charge in [0.25, 0.3) is 0 Å². The highest BCUT2D eigenvalue weighted by Crippen LogP contribution is 2.41. The number of anilines is 2. The third-order valence-electron chi connectivity index (χ3n) is 5.13. The number of ether oxygens (including phenoxy) is 1. The van der Waals surface area contributed by atoms with Gasteiger partial charge in [-0.2, -0.15) is 18.3 Å². The van der Waals surface area contributed by atoms with Crippen molar-refractivity contribution in [2.45, 2.75) is 58.5 Å². The van der Waals surface area contributed by atoms with Crippen molar-refractivity contribution in [1.29, 1.82) is 0 Å². The number of pyridine rings is 1. The first-order valence-electron chi connectivity index (χ1n) is 11.4. The Morgan fingerprint density at radius 1 is 1.12 bits per heavy atom. The van der Waals surface area contributed by atoms with E-state index in [1.54, 1.807) is 31.5 Å². The molecule has 0 bridgehead atoms. The van der Waals surface area contributed by atoms with Crippen molar-refractivity contribution in [1.82, 2.24) is 9.97 Å². The topological polar surface area (TPSA) is 50.6 Å². The highest BCUT2D eigenvalue weighted by Gasteiger charge is 2.35. The number of alkyl halides is 3. The van der Waals surface area contributed by atoms with Crippen LogP contribution < -0.4 is 9.75 Å². The van der Waals surface area contributed by atoms with E-state index in [2.05, 4.69) is 22.0 Å². The lowest BCUT2D eigenvalue weighted by Gasteiger charge is -2.20. The Morgan fingerprint density at radius 3 is 2.62 bits per heavy atom. The molecule has 3 rings (SSSR count). The Balaban J connectivity index is 1.79. The minimum absolute atomic E-state index is 0.166. The number of thiazole rings is 1. The van der Waals surface area contributed by atoms with Gasteiger partial charge in [0.05, 0.1) is 23.6 Å². The molecule has 182 valence electrons. The van der Waals surface area contributed by atoms with Crippen LogP contribution in [0.1, 0.15) is 57.9 Å². The van der Waals surface area contributed by atoms with Gasteiger partial charge in [-0.25, -0.2) is 9.99 Å². The first kappa shape index (κ1) is 25.7. The molecule has 0 unspecified atom stereocenters. The monoisotopic (exact) mass is 490 g/mol. The van der Waals surface area contributed by atoms with Crippen molar-refractivity contribution >= 4 is 28.4 Å². The molecule has 0 radical (unpaired) electrons. The molecular formula is C25H29F3N4OS. The molecule has 0 aliphatic heterocycles. The third kappa shape index (κ3) is 7.03. The molecule has 0 aliphatic rings. The van der Waals surface area contributed by atoms with Crippen molar-refractivity contribution in [2.75, 3.05) is 11.6 Å². The van der Waals surface area contributed by atoms with Crippen molar-refractivity contribution in [3.8, 4) is 17.0 Å². The molecule has 5 nitrogen and oxygen atoms in total. The molecule has 0 N–H and O–H groups in total. The maximum atomic E-state index is 13.9. The molecule has 2 aromatic heterocycles. The molecule has 0 spiro atoms. The fourth-order valence-electron chi connectivity index (χ4n) is 3.41. The second kappa shape index (κ2) is 12.5. The predicted octanol–water partition coefficient (Wildman–Crippen LogP) is 8.11. The van der Waals surface area contributed by atoms with Crippen molar-refractivity contribution in [3.05, 3.63) is 53.7 Å². The number of rotatable bonds is 12. The van der Waals surface area contributed by atoms with E-state index in [1.807, 2.05) is 11.4 Å². The van der Waals surface area contributed by atoms with Crippen molar-refractivity contribution in [3.63, 3.8) is 0 Å². The van der Waals surface area contributed by atoms with Crippen LogP contribution >= 0.6 is 11.3 Å². The Bertz CT molecular complexity index is 1050. The molecule has 9 heteroatoms. The van der Waals surface area contributed by atoms with Gasteiger partial charge in [0.1, 0.15) is 5.75 Å². The molecule has 0 aliphatic carbocycles. The van der Waals surface area contributed by atoms with Crippen LogP contribution in [0.3, 0.4) is 0 Å². The minimum Gasteiger partial charge on any atom is -0.493 e. The zero-order valence-electron chi connectivity index (χ0n) is 19.4. The molecule has 1 aromatic carbocycles. The lowest BCUT2D eigenvalue weighted by molar-refractivity contribution is -0.138. The normalized spacial score (nSPS) is 11.8. The number of halogens is 3. The summed E-state index contributed by atoms with van der Waals surface area (Å²) in [5.41, 5.74) is 0.931. The molecule has 0 fully saturated rings. The summed E-state index contributed by atoms with van der Waals surface area (Å²) in [4.78, 5) is 8.65. The number of hydrazone groups is 1. The van der Waals surface area contributed by atoms with Crippen LogP contribution in [0.25, 0.3) is 11.3 Å². The summed E-state index contributed by atoms with van der Waals surface area (Å²) in [7, 11) is 0. The molecule has 34 heavy (non-hydrogen) atoms. The van der Waals surface area contributed by atoms with Gasteiger partial charge in [-0.1, -0.05) is 39.0 Å². The Labute approximate surface area is 202 Å². The van der Waals surface area contributed by atoms with Gasteiger partial charge in [-0.3, -0.25) is 4.98 Å². The van der Waals surface area contributed by atoms with E-state index < -0.39 is 11.7 Å². The Morgan fingerprint density at radius 2 is 1.91 bits per heavy atom. The first-order valence-corrected chi connectivity index (χ1v) is 12.3. The van der Waals surface area contributed by atoms with Gasteiger partial charge >= 0.3 is 6.18 Å². The van der Waals surface area contributed by atoms with Gasteiger partial charge in [0, 0.05) is 29.6 Å². The Hall–Kier alpha value is -2.94. The van der Waals surface area contributed by atoms with Crippen molar-refractivity contribution < 1.29 is 17.9 Å². The zero-order chi connectivity index (χ0) is 24.4. The average Bonchev–Trinajstić information content (AvgIpc) is 3.32. The van der Waals surface area contributed by atoms with E-state index in [-0.39, 0.29) is 18.0 Å². The van der Waals surface area contributed by atoms with E-state index in [0.717, 1.165) is 43.7 Å². The van der Waals surface area contributed by atoms with Gasteiger partial charge in [-0.05, 0) is 43.7 Å².